The van der Waals surface area contributed by atoms with Gasteiger partial charge in [-0.15, -0.1) is 5.10 Å². The fraction of sp³-hybridized carbons (Fsp3) is 0.125. The molecule has 2 heterocycles. The number of H-pyrrole nitrogens is 1. The van der Waals surface area contributed by atoms with Gasteiger partial charge in [-0.3, -0.25) is 4.79 Å². The second kappa shape index (κ2) is 6.97. The monoisotopic (exact) mass is 326 g/mol. The van der Waals surface area contributed by atoms with Gasteiger partial charge < -0.3 is 9.73 Å². The summed E-state index contributed by atoms with van der Waals surface area (Å²) in [5, 5.41) is 9.28. The van der Waals surface area contributed by atoms with E-state index in [2.05, 4.69) is 20.5 Å². The first-order chi connectivity index (χ1) is 11.2. The van der Waals surface area contributed by atoms with Crippen LogP contribution in [0.1, 0.15) is 12.0 Å². The minimum atomic E-state index is -0.0959. The van der Waals surface area contributed by atoms with Crippen molar-refractivity contribution in [1.29, 1.82) is 0 Å². The molecular weight excluding hydrogens is 312 g/mol. The maximum absolute atomic E-state index is 12.0. The van der Waals surface area contributed by atoms with Crippen molar-refractivity contribution in [2.24, 2.45) is 0 Å². The summed E-state index contributed by atoms with van der Waals surface area (Å²) in [7, 11) is 0. The van der Waals surface area contributed by atoms with Crippen molar-refractivity contribution in [1.82, 2.24) is 15.2 Å². The lowest BCUT2D eigenvalue weighted by molar-refractivity contribution is -0.116. The highest BCUT2D eigenvalue weighted by Gasteiger charge is 2.08. The molecule has 3 rings (SSSR count). The molecule has 0 aliphatic rings. The van der Waals surface area contributed by atoms with E-state index in [-0.39, 0.29) is 10.7 Å². The van der Waals surface area contributed by atoms with Crippen molar-refractivity contribution in [3.63, 3.8) is 0 Å². The number of aromatic amines is 1. The number of aromatic nitrogens is 3. The predicted octanol–water partition coefficient (Wildman–Crippen LogP) is 3.37. The highest BCUT2D eigenvalue weighted by Crippen LogP contribution is 2.19. The van der Waals surface area contributed by atoms with Crippen LogP contribution in [0.2, 0.25) is 0 Å². The Bertz CT molecular complexity index is 858. The third kappa shape index (κ3) is 4.10. The molecule has 6 nitrogen and oxygen atoms in total. The zero-order valence-corrected chi connectivity index (χ0v) is 13.0. The first kappa shape index (κ1) is 15.1. The Morgan fingerprint density at radius 2 is 2.09 bits per heavy atom. The molecule has 0 bridgehead atoms. The Morgan fingerprint density at radius 3 is 2.83 bits per heavy atom. The van der Waals surface area contributed by atoms with Crippen LogP contribution >= 0.6 is 12.2 Å². The summed E-state index contributed by atoms with van der Waals surface area (Å²) in [6, 6.07) is 13.3. The lowest BCUT2D eigenvalue weighted by Gasteiger charge is -2.05. The molecule has 0 radical (unpaired) electrons. The third-order valence-corrected chi connectivity index (χ3v) is 3.37. The van der Waals surface area contributed by atoms with Crippen molar-refractivity contribution >= 4 is 23.9 Å². The molecule has 0 saturated heterocycles. The molecule has 0 aliphatic carbocycles. The number of anilines is 1. The van der Waals surface area contributed by atoms with Gasteiger partial charge in [0.2, 0.25) is 11.8 Å². The van der Waals surface area contributed by atoms with E-state index in [1.807, 2.05) is 30.3 Å². The Kier molecular flexibility index (Phi) is 4.58. The minimum Gasteiger partial charge on any atom is -0.409 e. The molecule has 116 valence electrons. The summed E-state index contributed by atoms with van der Waals surface area (Å²) < 4.78 is 5.24. The van der Waals surface area contributed by atoms with Gasteiger partial charge in [0.25, 0.3) is 4.84 Å². The van der Waals surface area contributed by atoms with E-state index in [4.69, 9.17) is 16.6 Å². The fourth-order valence-corrected chi connectivity index (χ4v) is 2.22. The smallest absolute Gasteiger partial charge is 0.284 e. The van der Waals surface area contributed by atoms with E-state index < -0.39 is 0 Å². The molecule has 1 amide bonds. The van der Waals surface area contributed by atoms with Crippen LogP contribution in [0.5, 0.6) is 0 Å². The van der Waals surface area contributed by atoms with Gasteiger partial charge in [0.1, 0.15) is 5.82 Å². The number of hydrogen-bond acceptors (Lipinski definition) is 5. The summed E-state index contributed by atoms with van der Waals surface area (Å²) in [4.78, 5) is 16.4. The number of nitrogens with one attached hydrogen (secondary N) is 2. The number of carbonyl (C=O) groups excluding carboxylic acids is 1. The van der Waals surface area contributed by atoms with Gasteiger partial charge in [-0.2, -0.15) is 0 Å². The summed E-state index contributed by atoms with van der Waals surface area (Å²) in [6.07, 6.45) is 2.65. The largest absolute Gasteiger partial charge is 0.409 e. The molecule has 0 saturated carbocycles. The average molecular weight is 326 g/mol. The van der Waals surface area contributed by atoms with E-state index >= 15 is 0 Å². The number of benzene rings is 1. The molecule has 0 atom stereocenters. The lowest BCUT2D eigenvalue weighted by atomic mass is 10.1. The molecule has 0 aliphatic heterocycles. The number of amides is 1. The van der Waals surface area contributed by atoms with Crippen molar-refractivity contribution in [3.05, 3.63) is 59.1 Å². The summed E-state index contributed by atoms with van der Waals surface area (Å²) in [5.41, 5.74) is 1.81. The quantitative estimate of drug-likeness (QED) is 0.702. The molecular formula is C16H14N4O2S. The molecule has 1 aromatic carbocycles. The number of nitrogens with zero attached hydrogens (tertiary/aromatic N) is 2. The molecule has 3 aromatic rings. The first-order valence-electron chi connectivity index (χ1n) is 7.06. The Labute approximate surface area is 137 Å². The molecule has 0 fully saturated rings. The van der Waals surface area contributed by atoms with Crippen molar-refractivity contribution in [2.45, 2.75) is 12.8 Å². The topological polar surface area (TPSA) is 83.8 Å². The summed E-state index contributed by atoms with van der Waals surface area (Å²) in [5.74, 6) is 0.711. The second-order valence-electron chi connectivity index (χ2n) is 4.88. The van der Waals surface area contributed by atoms with Crippen LogP contribution in [0, 0.1) is 4.84 Å². The number of pyridine rings is 1. The van der Waals surface area contributed by atoms with Gasteiger partial charge in [-0.25, -0.2) is 10.1 Å². The standard InChI is InChI=1S/C16H14N4O2S/c21-14(7-6-11-4-2-1-3-5-11)18-13-10-12(8-9-17-13)15-19-20-16(23)22-15/h1-5,8-10H,6-7H2,(H,20,23)(H,17,18,21). The Morgan fingerprint density at radius 1 is 1.26 bits per heavy atom. The first-order valence-corrected chi connectivity index (χ1v) is 7.47. The fourth-order valence-electron chi connectivity index (χ4n) is 2.09. The molecule has 0 spiro atoms. The van der Waals surface area contributed by atoms with Crippen LogP contribution in [0.25, 0.3) is 11.5 Å². The van der Waals surface area contributed by atoms with E-state index in [0.29, 0.717) is 30.1 Å². The Balaban J connectivity index is 1.63. The minimum absolute atomic E-state index is 0.0959. The number of aryl methyl sites for hydroxylation is 1. The Hall–Kier alpha value is -2.80. The van der Waals surface area contributed by atoms with Crippen LogP contribution in [0.3, 0.4) is 0 Å². The summed E-state index contributed by atoms with van der Waals surface area (Å²) in [6.45, 7) is 0. The van der Waals surface area contributed by atoms with Crippen LogP contribution in [-0.4, -0.2) is 21.1 Å². The molecule has 7 heteroatoms. The van der Waals surface area contributed by atoms with Crippen LogP contribution in [-0.2, 0) is 11.2 Å². The zero-order valence-electron chi connectivity index (χ0n) is 12.2. The van der Waals surface area contributed by atoms with Crippen molar-refractivity contribution in [2.75, 3.05) is 5.32 Å². The van der Waals surface area contributed by atoms with Gasteiger partial charge in [0, 0.05) is 18.2 Å². The van der Waals surface area contributed by atoms with Crippen molar-refractivity contribution < 1.29 is 9.21 Å². The highest BCUT2D eigenvalue weighted by molar-refractivity contribution is 7.71. The van der Waals surface area contributed by atoms with Crippen LogP contribution in [0.4, 0.5) is 5.82 Å². The van der Waals surface area contributed by atoms with Gasteiger partial charge in [-0.1, -0.05) is 30.3 Å². The molecule has 23 heavy (non-hydrogen) atoms. The SMILES string of the molecule is O=C(CCc1ccccc1)Nc1cc(-c2n[nH]c(=S)o2)ccn1. The van der Waals surface area contributed by atoms with Gasteiger partial charge in [-0.05, 0) is 36.3 Å². The predicted molar refractivity (Wildman–Crippen MR) is 88.3 cm³/mol. The molecule has 2 N–H and O–H groups in total. The molecule has 2 aromatic heterocycles. The van der Waals surface area contributed by atoms with Gasteiger partial charge in [0.15, 0.2) is 0 Å². The summed E-state index contributed by atoms with van der Waals surface area (Å²) >= 11 is 4.85. The maximum Gasteiger partial charge on any atom is 0.284 e. The van der Waals surface area contributed by atoms with E-state index in [0.717, 1.165) is 5.56 Å². The number of carbonyl (C=O) groups is 1. The molecule has 0 unspecified atom stereocenters. The van der Waals surface area contributed by atoms with E-state index in [9.17, 15) is 4.79 Å². The van der Waals surface area contributed by atoms with Gasteiger partial charge >= 0.3 is 0 Å². The second-order valence-corrected chi connectivity index (χ2v) is 5.25. The third-order valence-electron chi connectivity index (χ3n) is 3.20. The average Bonchev–Trinajstić information content (AvgIpc) is 3.01. The van der Waals surface area contributed by atoms with Crippen LogP contribution in [0.15, 0.2) is 53.1 Å². The van der Waals surface area contributed by atoms with Gasteiger partial charge in [0.05, 0.1) is 0 Å². The van der Waals surface area contributed by atoms with Crippen LogP contribution < -0.4 is 5.32 Å². The number of hydrogen-bond donors (Lipinski definition) is 2. The van der Waals surface area contributed by atoms with E-state index in [1.54, 1.807) is 18.3 Å². The highest BCUT2D eigenvalue weighted by atomic mass is 32.1. The van der Waals surface area contributed by atoms with Crippen molar-refractivity contribution in [3.8, 4) is 11.5 Å². The lowest BCUT2D eigenvalue weighted by Crippen LogP contribution is -2.13. The zero-order chi connectivity index (χ0) is 16.1. The number of rotatable bonds is 5. The maximum atomic E-state index is 12.0. The normalized spacial score (nSPS) is 10.4. The van der Waals surface area contributed by atoms with E-state index in [1.165, 1.54) is 0 Å².